The Morgan fingerprint density at radius 1 is 1.21 bits per heavy atom. The van der Waals surface area contributed by atoms with E-state index in [4.69, 9.17) is 0 Å². The summed E-state index contributed by atoms with van der Waals surface area (Å²) >= 11 is 0. The molecule has 1 heteroatoms. The monoisotopic (exact) mass is 195 g/mol. The predicted octanol–water partition coefficient (Wildman–Crippen LogP) is 3.34. The van der Waals surface area contributed by atoms with Crippen LogP contribution in [-0.4, -0.2) is 12.1 Å². The van der Waals surface area contributed by atoms with Crippen molar-refractivity contribution in [3.05, 3.63) is 0 Å². The van der Waals surface area contributed by atoms with Crippen molar-refractivity contribution >= 4 is 0 Å². The minimum absolute atomic E-state index is 0.852. The van der Waals surface area contributed by atoms with Crippen LogP contribution in [0.25, 0.3) is 0 Å². The molecule has 0 bridgehead atoms. The summed E-state index contributed by atoms with van der Waals surface area (Å²) in [5, 5.41) is 3.86. The fourth-order valence-corrected chi connectivity index (χ4v) is 3.03. The summed E-state index contributed by atoms with van der Waals surface area (Å²) in [6, 6.07) is 1.75. The van der Waals surface area contributed by atoms with Crippen molar-refractivity contribution in [1.29, 1.82) is 0 Å². The van der Waals surface area contributed by atoms with E-state index in [0.717, 1.165) is 23.9 Å². The molecular weight excluding hydrogens is 170 g/mol. The van der Waals surface area contributed by atoms with Crippen molar-refractivity contribution in [3.63, 3.8) is 0 Å². The van der Waals surface area contributed by atoms with Gasteiger partial charge < -0.3 is 5.32 Å². The maximum absolute atomic E-state index is 3.86. The Hall–Kier alpha value is -0.0400. The third-order valence-corrected chi connectivity index (χ3v) is 3.97. The van der Waals surface area contributed by atoms with Crippen molar-refractivity contribution in [2.24, 2.45) is 11.8 Å². The standard InChI is InChI=1S/C13H25N/c1-3-5-11-9-13(11)14-12-7-4-6-10(2)8-12/h10-14H,3-9H2,1-2H3. The first-order chi connectivity index (χ1) is 6.79. The van der Waals surface area contributed by atoms with Crippen LogP contribution in [0.3, 0.4) is 0 Å². The fraction of sp³-hybridized carbons (Fsp3) is 1.00. The molecule has 82 valence electrons. The van der Waals surface area contributed by atoms with Crippen molar-refractivity contribution in [3.8, 4) is 0 Å². The third-order valence-electron chi connectivity index (χ3n) is 3.97. The molecule has 0 heterocycles. The fourth-order valence-electron chi connectivity index (χ4n) is 3.03. The molecule has 1 N–H and O–H groups in total. The molecule has 2 rings (SSSR count). The lowest BCUT2D eigenvalue weighted by molar-refractivity contribution is 0.296. The highest BCUT2D eigenvalue weighted by molar-refractivity contribution is 4.95. The van der Waals surface area contributed by atoms with Gasteiger partial charge in [0.2, 0.25) is 0 Å². The van der Waals surface area contributed by atoms with Gasteiger partial charge in [-0.1, -0.05) is 33.1 Å². The Kier molecular flexibility index (Phi) is 3.48. The summed E-state index contributed by atoms with van der Waals surface area (Å²) in [6.07, 6.45) is 10.0. The smallest absolute Gasteiger partial charge is 0.0102 e. The quantitative estimate of drug-likeness (QED) is 0.725. The highest BCUT2D eigenvalue weighted by Crippen LogP contribution is 2.36. The van der Waals surface area contributed by atoms with Crippen molar-refractivity contribution in [2.45, 2.75) is 70.9 Å². The number of rotatable bonds is 4. The second-order valence-electron chi connectivity index (χ2n) is 5.53. The molecule has 2 aliphatic rings. The highest BCUT2D eigenvalue weighted by Gasteiger charge is 2.37. The average Bonchev–Trinajstić information content (AvgIpc) is 2.84. The Balaban J connectivity index is 1.66. The normalized spacial score (nSPS) is 42.4. The lowest BCUT2D eigenvalue weighted by Gasteiger charge is -2.27. The first-order valence-electron chi connectivity index (χ1n) is 6.55. The Labute approximate surface area is 88.7 Å². The van der Waals surface area contributed by atoms with Gasteiger partial charge in [-0.3, -0.25) is 0 Å². The van der Waals surface area contributed by atoms with Gasteiger partial charge in [-0.05, 0) is 37.5 Å². The SMILES string of the molecule is CCCC1CC1NC1CCCC(C)C1. The van der Waals surface area contributed by atoms with Gasteiger partial charge in [0.25, 0.3) is 0 Å². The van der Waals surface area contributed by atoms with E-state index in [1.54, 1.807) is 0 Å². The molecule has 1 nitrogen and oxygen atoms in total. The van der Waals surface area contributed by atoms with Crippen molar-refractivity contribution < 1.29 is 0 Å². The maximum Gasteiger partial charge on any atom is 0.0102 e. The topological polar surface area (TPSA) is 12.0 Å². The number of hydrogen-bond acceptors (Lipinski definition) is 1. The van der Waals surface area contributed by atoms with Gasteiger partial charge in [0.15, 0.2) is 0 Å². The van der Waals surface area contributed by atoms with Crippen LogP contribution in [-0.2, 0) is 0 Å². The predicted molar refractivity (Wildman–Crippen MR) is 61.4 cm³/mol. The van der Waals surface area contributed by atoms with E-state index < -0.39 is 0 Å². The first kappa shape index (κ1) is 10.5. The zero-order valence-electron chi connectivity index (χ0n) is 9.76. The Bertz CT molecular complexity index is 178. The van der Waals surface area contributed by atoms with Crippen LogP contribution < -0.4 is 5.32 Å². The third kappa shape index (κ3) is 2.73. The minimum atomic E-state index is 0.852. The summed E-state index contributed by atoms with van der Waals surface area (Å²) in [4.78, 5) is 0. The van der Waals surface area contributed by atoms with Gasteiger partial charge >= 0.3 is 0 Å². The van der Waals surface area contributed by atoms with Gasteiger partial charge in [0, 0.05) is 12.1 Å². The first-order valence-corrected chi connectivity index (χ1v) is 6.55. The molecular formula is C13H25N. The van der Waals surface area contributed by atoms with Crippen LogP contribution in [0.15, 0.2) is 0 Å². The molecule has 2 fully saturated rings. The van der Waals surface area contributed by atoms with E-state index in [9.17, 15) is 0 Å². The van der Waals surface area contributed by atoms with Crippen LogP contribution in [0.4, 0.5) is 0 Å². The van der Waals surface area contributed by atoms with E-state index in [0.29, 0.717) is 0 Å². The van der Waals surface area contributed by atoms with Crippen molar-refractivity contribution in [1.82, 2.24) is 5.32 Å². The van der Waals surface area contributed by atoms with Gasteiger partial charge in [-0.25, -0.2) is 0 Å². The molecule has 0 aromatic carbocycles. The summed E-state index contributed by atoms with van der Waals surface area (Å²) in [6.45, 7) is 4.71. The molecule has 0 spiro atoms. The molecule has 0 aromatic heterocycles. The van der Waals surface area contributed by atoms with Crippen LogP contribution in [0.5, 0.6) is 0 Å². The molecule has 0 saturated heterocycles. The lowest BCUT2D eigenvalue weighted by Crippen LogP contribution is -2.35. The summed E-state index contributed by atoms with van der Waals surface area (Å²) < 4.78 is 0. The van der Waals surface area contributed by atoms with E-state index in [1.807, 2.05) is 0 Å². The lowest BCUT2D eigenvalue weighted by atomic mass is 9.87. The van der Waals surface area contributed by atoms with Crippen molar-refractivity contribution in [2.75, 3.05) is 0 Å². The second-order valence-corrected chi connectivity index (χ2v) is 5.53. The van der Waals surface area contributed by atoms with Gasteiger partial charge in [0.05, 0.1) is 0 Å². The Morgan fingerprint density at radius 2 is 2.07 bits per heavy atom. The van der Waals surface area contributed by atoms with E-state index in [-0.39, 0.29) is 0 Å². The van der Waals surface area contributed by atoms with Crippen LogP contribution in [0, 0.1) is 11.8 Å². The second kappa shape index (κ2) is 4.65. The largest absolute Gasteiger partial charge is 0.311 e. The molecule has 14 heavy (non-hydrogen) atoms. The minimum Gasteiger partial charge on any atom is -0.311 e. The number of nitrogens with one attached hydrogen (secondary N) is 1. The van der Waals surface area contributed by atoms with E-state index in [1.165, 1.54) is 44.9 Å². The van der Waals surface area contributed by atoms with Crippen LogP contribution >= 0.6 is 0 Å². The molecule has 0 aliphatic heterocycles. The molecule has 0 amide bonds. The summed E-state index contributed by atoms with van der Waals surface area (Å²) in [7, 11) is 0. The molecule has 0 aromatic rings. The van der Waals surface area contributed by atoms with Gasteiger partial charge in [-0.15, -0.1) is 0 Å². The molecule has 2 aliphatic carbocycles. The van der Waals surface area contributed by atoms with Gasteiger partial charge in [-0.2, -0.15) is 0 Å². The van der Waals surface area contributed by atoms with Gasteiger partial charge in [0.1, 0.15) is 0 Å². The van der Waals surface area contributed by atoms with Crippen LogP contribution in [0.2, 0.25) is 0 Å². The Morgan fingerprint density at radius 3 is 2.79 bits per heavy atom. The summed E-state index contributed by atoms with van der Waals surface area (Å²) in [5.41, 5.74) is 0. The van der Waals surface area contributed by atoms with E-state index >= 15 is 0 Å². The molecule has 4 atom stereocenters. The molecule has 2 saturated carbocycles. The summed E-state index contributed by atoms with van der Waals surface area (Å²) in [5.74, 6) is 1.99. The zero-order valence-corrected chi connectivity index (χ0v) is 9.76. The molecule has 4 unspecified atom stereocenters. The highest BCUT2D eigenvalue weighted by atomic mass is 15.0. The maximum atomic E-state index is 3.86. The molecule has 0 radical (unpaired) electrons. The van der Waals surface area contributed by atoms with Crippen LogP contribution in [0.1, 0.15) is 58.8 Å². The zero-order chi connectivity index (χ0) is 9.97. The number of hydrogen-bond donors (Lipinski definition) is 1. The van der Waals surface area contributed by atoms with E-state index in [2.05, 4.69) is 19.2 Å². The average molecular weight is 195 g/mol.